The van der Waals surface area contributed by atoms with Crippen molar-refractivity contribution in [2.24, 2.45) is 10.9 Å². The lowest BCUT2D eigenvalue weighted by Gasteiger charge is -2.14. The van der Waals surface area contributed by atoms with E-state index in [0.717, 1.165) is 34.7 Å². The van der Waals surface area contributed by atoms with E-state index in [4.69, 9.17) is 14.5 Å². The number of carbonyl (C=O) groups is 1. The van der Waals surface area contributed by atoms with E-state index in [1.807, 2.05) is 44.2 Å². The highest BCUT2D eigenvalue weighted by Crippen LogP contribution is 2.35. The number of nitrogens with zero attached hydrogens (tertiary/aromatic N) is 2. The van der Waals surface area contributed by atoms with Crippen LogP contribution in [0.4, 0.5) is 0 Å². The van der Waals surface area contributed by atoms with E-state index in [1.54, 1.807) is 7.11 Å². The van der Waals surface area contributed by atoms with Crippen LogP contribution in [0.25, 0.3) is 0 Å². The van der Waals surface area contributed by atoms with Crippen molar-refractivity contribution >= 4 is 11.6 Å². The van der Waals surface area contributed by atoms with Gasteiger partial charge in [0.2, 0.25) is 5.88 Å². The molecule has 1 aromatic carbocycles. The fourth-order valence-electron chi connectivity index (χ4n) is 3.33. The molecule has 1 amide bonds. The molecule has 1 aliphatic rings. The van der Waals surface area contributed by atoms with E-state index in [0.29, 0.717) is 18.3 Å². The number of pyridine rings is 1. The molecule has 29 heavy (non-hydrogen) atoms. The van der Waals surface area contributed by atoms with Crippen molar-refractivity contribution in [3.63, 3.8) is 0 Å². The molecular weight excluding hydrogens is 366 g/mol. The Balaban J connectivity index is 0.00000320. The van der Waals surface area contributed by atoms with Crippen LogP contribution in [0.15, 0.2) is 35.3 Å². The number of aliphatic imine (C=N–C) groups is 1. The molecule has 1 N–H and O–H groups in total. The molecule has 0 spiro atoms. The predicted octanol–water partition coefficient (Wildman–Crippen LogP) is 3.87. The van der Waals surface area contributed by atoms with Gasteiger partial charge < -0.3 is 14.8 Å². The highest BCUT2D eigenvalue weighted by atomic mass is 16.5. The summed E-state index contributed by atoms with van der Waals surface area (Å²) in [5, 5.41) is 2.85. The monoisotopic (exact) mass is 397 g/mol. The standard InChI is InChI=1S/C23H29N3O3.H2/c1-5-24-23(18-8-9-18)22-15(2)12-21(26-16(22)3)29-14-20(27)25-13-17-6-10-19(28-4)11-7-17;/h6-7,10-12,18H,5,8-9,13-14H2,1-4H3,(H,25,27);1H. The van der Waals surface area contributed by atoms with Gasteiger partial charge in [-0.05, 0) is 56.9 Å². The zero-order valence-electron chi connectivity index (χ0n) is 17.6. The summed E-state index contributed by atoms with van der Waals surface area (Å²) in [5.41, 5.74) is 5.28. The second-order valence-corrected chi connectivity index (χ2v) is 7.29. The Morgan fingerprint density at radius 3 is 2.59 bits per heavy atom. The molecule has 1 aliphatic carbocycles. The summed E-state index contributed by atoms with van der Waals surface area (Å²) in [7, 11) is 1.63. The summed E-state index contributed by atoms with van der Waals surface area (Å²) in [6.07, 6.45) is 2.40. The predicted molar refractivity (Wildman–Crippen MR) is 116 cm³/mol. The van der Waals surface area contributed by atoms with Gasteiger partial charge in [-0.1, -0.05) is 12.1 Å². The average molecular weight is 398 g/mol. The van der Waals surface area contributed by atoms with E-state index in [9.17, 15) is 4.79 Å². The zero-order valence-corrected chi connectivity index (χ0v) is 17.6. The number of ether oxygens (including phenoxy) is 2. The number of amides is 1. The minimum absolute atomic E-state index is 0. The van der Waals surface area contributed by atoms with Gasteiger partial charge in [-0.2, -0.15) is 0 Å². The molecule has 2 aromatic rings. The first-order valence-electron chi connectivity index (χ1n) is 10.1. The summed E-state index contributed by atoms with van der Waals surface area (Å²) in [6, 6.07) is 9.47. The van der Waals surface area contributed by atoms with E-state index in [-0.39, 0.29) is 13.9 Å². The van der Waals surface area contributed by atoms with Crippen LogP contribution in [0.5, 0.6) is 11.6 Å². The molecule has 6 heteroatoms. The maximum absolute atomic E-state index is 12.1. The molecule has 156 valence electrons. The van der Waals surface area contributed by atoms with Gasteiger partial charge >= 0.3 is 0 Å². The second kappa shape index (κ2) is 9.54. The third-order valence-corrected chi connectivity index (χ3v) is 4.92. The smallest absolute Gasteiger partial charge is 0.258 e. The number of carbonyl (C=O) groups excluding carboxylic acids is 1. The van der Waals surface area contributed by atoms with Crippen LogP contribution in [-0.4, -0.2) is 36.9 Å². The van der Waals surface area contributed by atoms with Crippen LogP contribution in [0.1, 0.15) is 43.6 Å². The normalized spacial score (nSPS) is 13.9. The van der Waals surface area contributed by atoms with Crippen LogP contribution in [0.3, 0.4) is 0 Å². The zero-order chi connectivity index (χ0) is 20.8. The summed E-state index contributed by atoms with van der Waals surface area (Å²) < 4.78 is 10.8. The van der Waals surface area contributed by atoms with E-state index in [1.165, 1.54) is 18.6 Å². The molecule has 3 rings (SSSR count). The Hall–Kier alpha value is -2.89. The van der Waals surface area contributed by atoms with Gasteiger partial charge in [0, 0.05) is 37.8 Å². The Bertz CT molecular complexity index is 870. The highest BCUT2D eigenvalue weighted by Gasteiger charge is 2.30. The number of aryl methyl sites for hydroxylation is 2. The largest absolute Gasteiger partial charge is 0.497 e. The van der Waals surface area contributed by atoms with Gasteiger partial charge in [0.1, 0.15) is 5.75 Å². The van der Waals surface area contributed by atoms with Gasteiger partial charge in [0.05, 0.1) is 12.8 Å². The molecule has 1 aromatic heterocycles. The van der Waals surface area contributed by atoms with Crippen molar-refractivity contribution in [3.05, 3.63) is 52.7 Å². The molecular formula is C23H31N3O3. The third kappa shape index (κ3) is 5.56. The van der Waals surface area contributed by atoms with Crippen molar-refractivity contribution in [3.8, 4) is 11.6 Å². The second-order valence-electron chi connectivity index (χ2n) is 7.29. The first-order valence-corrected chi connectivity index (χ1v) is 10.1. The molecule has 1 fully saturated rings. The molecule has 0 atom stereocenters. The average Bonchev–Trinajstić information content (AvgIpc) is 3.55. The van der Waals surface area contributed by atoms with E-state index < -0.39 is 0 Å². The lowest BCUT2D eigenvalue weighted by Crippen LogP contribution is -2.28. The SMILES string of the molecule is CCN=C(c1c(C)cc(OCC(=O)NCc2ccc(OC)cc2)nc1C)C1CC1.[HH]. The minimum atomic E-state index is -0.187. The molecule has 0 unspecified atom stereocenters. The molecule has 0 bridgehead atoms. The molecule has 6 nitrogen and oxygen atoms in total. The summed E-state index contributed by atoms with van der Waals surface area (Å²) in [4.78, 5) is 21.4. The lowest BCUT2D eigenvalue weighted by atomic mass is 9.99. The van der Waals surface area contributed by atoms with Crippen LogP contribution in [-0.2, 0) is 11.3 Å². The van der Waals surface area contributed by atoms with Crippen LogP contribution < -0.4 is 14.8 Å². The Morgan fingerprint density at radius 1 is 1.28 bits per heavy atom. The first-order chi connectivity index (χ1) is 14.0. The maximum atomic E-state index is 12.1. The Labute approximate surface area is 173 Å². The van der Waals surface area contributed by atoms with Gasteiger partial charge in [-0.3, -0.25) is 9.79 Å². The van der Waals surface area contributed by atoms with Crippen molar-refractivity contribution in [1.29, 1.82) is 0 Å². The number of aromatic nitrogens is 1. The maximum Gasteiger partial charge on any atom is 0.258 e. The van der Waals surface area contributed by atoms with Gasteiger partial charge in [-0.15, -0.1) is 0 Å². The number of methoxy groups -OCH3 is 1. The van der Waals surface area contributed by atoms with E-state index >= 15 is 0 Å². The Morgan fingerprint density at radius 2 is 2.00 bits per heavy atom. The summed E-state index contributed by atoms with van der Waals surface area (Å²) in [5.74, 6) is 1.63. The molecule has 1 saturated carbocycles. The first kappa shape index (κ1) is 20.8. The summed E-state index contributed by atoms with van der Waals surface area (Å²) >= 11 is 0. The molecule has 0 radical (unpaired) electrons. The van der Waals surface area contributed by atoms with Crippen molar-refractivity contribution in [2.75, 3.05) is 20.3 Å². The molecule has 1 heterocycles. The fourth-order valence-corrected chi connectivity index (χ4v) is 3.33. The third-order valence-electron chi connectivity index (χ3n) is 4.92. The van der Waals surface area contributed by atoms with Crippen molar-refractivity contribution in [1.82, 2.24) is 10.3 Å². The fraction of sp³-hybridized carbons (Fsp3) is 0.435. The van der Waals surface area contributed by atoms with Crippen molar-refractivity contribution < 1.29 is 15.7 Å². The molecule has 0 aliphatic heterocycles. The van der Waals surface area contributed by atoms with Crippen LogP contribution in [0.2, 0.25) is 0 Å². The number of benzene rings is 1. The number of rotatable bonds is 9. The highest BCUT2D eigenvalue weighted by molar-refractivity contribution is 6.05. The van der Waals surface area contributed by atoms with Gasteiger partial charge in [0.15, 0.2) is 6.61 Å². The van der Waals surface area contributed by atoms with Crippen molar-refractivity contribution in [2.45, 2.75) is 40.2 Å². The van der Waals surface area contributed by atoms with Crippen LogP contribution in [0, 0.1) is 19.8 Å². The van der Waals surface area contributed by atoms with Gasteiger partial charge in [-0.25, -0.2) is 4.98 Å². The van der Waals surface area contributed by atoms with E-state index in [2.05, 4.69) is 17.2 Å². The topological polar surface area (TPSA) is 72.8 Å². The summed E-state index contributed by atoms with van der Waals surface area (Å²) in [6.45, 7) is 7.23. The lowest BCUT2D eigenvalue weighted by molar-refractivity contribution is -0.123. The molecule has 0 saturated heterocycles. The number of hydrogen-bond donors (Lipinski definition) is 1. The quantitative estimate of drug-likeness (QED) is 0.652. The number of hydrogen-bond acceptors (Lipinski definition) is 5. The Kier molecular flexibility index (Phi) is 6.86. The van der Waals surface area contributed by atoms with Crippen LogP contribution >= 0.6 is 0 Å². The minimum Gasteiger partial charge on any atom is -0.497 e. The number of nitrogens with one attached hydrogen (secondary N) is 1. The van der Waals surface area contributed by atoms with Gasteiger partial charge in [0.25, 0.3) is 5.91 Å².